The molecule has 1 N–H and O–H groups in total. The van der Waals surface area contributed by atoms with Gasteiger partial charge in [-0.1, -0.05) is 30.0 Å². The molecule has 0 aliphatic heterocycles. The highest BCUT2D eigenvalue weighted by atomic mass is 32.2. The zero-order chi connectivity index (χ0) is 19.4. The average molecular weight is 383 g/mol. The van der Waals surface area contributed by atoms with Gasteiger partial charge in [0.15, 0.2) is 0 Å². The van der Waals surface area contributed by atoms with E-state index >= 15 is 0 Å². The Morgan fingerprint density at radius 3 is 2.78 bits per heavy atom. The molecule has 0 atom stereocenters. The average Bonchev–Trinajstić information content (AvgIpc) is 2.66. The van der Waals surface area contributed by atoms with Gasteiger partial charge in [-0.05, 0) is 30.7 Å². The molecule has 0 radical (unpaired) electrons. The molecule has 7 nitrogen and oxygen atoms in total. The van der Waals surface area contributed by atoms with Crippen molar-refractivity contribution in [1.82, 2.24) is 4.98 Å². The molecule has 0 saturated heterocycles. The Bertz CT molecular complexity index is 1020. The van der Waals surface area contributed by atoms with Gasteiger partial charge in [-0.25, -0.2) is 4.98 Å². The fourth-order valence-electron chi connectivity index (χ4n) is 2.63. The van der Waals surface area contributed by atoms with E-state index in [1.54, 1.807) is 13.2 Å². The van der Waals surface area contributed by atoms with Gasteiger partial charge in [0.25, 0.3) is 5.69 Å². The molecule has 0 unspecified atom stereocenters. The van der Waals surface area contributed by atoms with Crippen molar-refractivity contribution < 1.29 is 14.5 Å². The number of non-ortho nitro benzene ring substituents is 1. The van der Waals surface area contributed by atoms with E-state index in [2.05, 4.69) is 10.3 Å². The number of carbonyl (C=O) groups is 1. The number of para-hydroxylation sites is 1. The number of nitro benzene ring substituents is 1. The van der Waals surface area contributed by atoms with Crippen molar-refractivity contribution in [2.24, 2.45) is 0 Å². The molecule has 1 aromatic heterocycles. The Hall–Kier alpha value is -3.13. The lowest BCUT2D eigenvalue weighted by atomic mass is 10.1. The van der Waals surface area contributed by atoms with Crippen LogP contribution in [0.4, 0.5) is 11.4 Å². The maximum Gasteiger partial charge on any atom is 0.271 e. The minimum atomic E-state index is -0.500. The molecule has 0 aliphatic carbocycles. The number of thioether (sulfide) groups is 1. The minimum Gasteiger partial charge on any atom is -0.494 e. The molecule has 27 heavy (non-hydrogen) atoms. The van der Waals surface area contributed by atoms with Crippen molar-refractivity contribution in [2.45, 2.75) is 11.9 Å². The van der Waals surface area contributed by atoms with Gasteiger partial charge in [0.05, 0.1) is 22.8 Å². The van der Waals surface area contributed by atoms with E-state index in [0.29, 0.717) is 16.5 Å². The van der Waals surface area contributed by atoms with E-state index in [1.807, 2.05) is 31.2 Å². The molecule has 1 amide bonds. The Labute approximate surface area is 159 Å². The molecule has 8 heteroatoms. The molecule has 1 heterocycles. The van der Waals surface area contributed by atoms with Crippen LogP contribution in [0.15, 0.2) is 53.6 Å². The van der Waals surface area contributed by atoms with Crippen LogP contribution in [-0.4, -0.2) is 28.7 Å². The van der Waals surface area contributed by atoms with E-state index in [-0.39, 0.29) is 17.3 Å². The quantitative estimate of drug-likeness (QED) is 0.390. The molecular weight excluding hydrogens is 366 g/mol. The standard InChI is InChI=1S/C19H17N3O4S/c1-12-9-18(21-19-15(12)7-4-8-16(19)26-2)27-11-17(23)20-13-5-3-6-14(10-13)22(24)25/h3-10H,11H2,1-2H3,(H,20,23). The number of nitrogens with one attached hydrogen (secondary N) is 1. The smallest absolute Gasteiger partial charge is 0.271 e. The van der Waals surface area contributed by atoms with E-state index in [4.69, 9.17) is 4.74 Å². The Balaban J connectivity index is 1.72. The molecular formula is C19H17N3O4S. The monoisotopic (exact) mass is 383 g/mol. The summed E-state index contributed by atoms with van der Waals surface area (Å²) in [6.45, 7) is 1.98. The topological polar surface area (TPSA) is 94.4 Å². The summed E-state index contributed by atoms with van der Waals surface area (Å²) in [6.07, 6.45) is 0. The first-order valence-electron chi connectivity index (χ1n) is 8.09. The first-order valence-corrected chi connectivity index (χ1v) is 9.08. The predicted octanol–water partition coefficient (Wildman–Crippen LogP) is 4.19. The number of nitro groups is 1. The number of fused-ring (bicyclic) bond motifs is 1. The van der Waals surface area contributed by atoms with Crippen molar-refractivity contribution in [2.75, 3.05) is 18.2 Å². The Morgan fingerprint density at radius 1 is 1.26 bits per heavy atom. The van der Waals surface area contributed by atoms with Crippen LogP contribution in [0.1, 0.15) is 5.56 Å². The number of carbonyl (C=O) groups excluding carboxylic acids is 1. The number of hydrogen-bond donors (Lipinski definition) is 1. The van der Waals surface area contributed by atoms with Gasteiger partial charge in [0.2, 0.25) is 5.91 Å². The number of benzene rings is 2. The number of nitrogens with zero attached hydrogens (tertiary/aromatic N) is 2. The normalized spacial score (nSPS) is 10.6. The van der Waals surface area contributed by atoms with Crippen LogP contribution in [0.2, 0.25) is 0 Å². The Kier molecular flexibility index (Phi) is 5.56. The predicted molar refractivity (Wildman–Crippen MR) is 105 cm³/mol. The zero-order valence-electron chi connectivity index (χ0n) is 14.8. The molecule has 0 saturated carbocycles. The number of methoxy groups -OCH3 is 1. The number of amides is 1. The van der Waals surface area contributed by atoms with E-state index in [9.17, 15) is 14.9 Å². The maximum atomic E-state index is 12.2. The van der Waals surface area contributed by atoms with E-state index in [1.165, 1.54) is 30.0 Å². The third-order valence-electron chi connectivity index (χ3n) is 3.90. The van der Waals surface area contributed by atoms with Crippen molar-refractivity contribution >= 4 is 39.9 Å². The van der Waals surface area contributed by atoms with Gasteiger partial charge in [-0.2, -0.15) is 0 Å². The van der Waals surface area contributed by atoms with E-state index < -0.39 is 4.92 Å². The van der Waals surface area contributed by atoms with Crippen LogP contribution >= 0.6 is 11.8 Å². The van der Waals surface area contributed by atoms with Crippen LogP contribution in [0.3, 0.4) is 0 Å². The maximum absolute atomic E-state index is 12.2. The lowest BCUT2D eigenvalue weighted by molar-refractivity contribution is -0.384. The lowest BCUT2D eigenvalue weighted by Gasteiger charge is -2.09. The van der Waals surface area contributed by atoms with Gasteiger partial charge >= 0.3 is 0 Å². The highest BCUT2D eigenvalue weighted by Gasteiger charge is 2.11. The van der Waals surface area contributed by atoms with Crippen LogP contribution in [0.25, 0.3) is 10.9 Å². The lowest BCUT2D eigenvalue weighted by Crippen LogP contribution is -2.14. The summed E-state index contributed by atoms with van der Waals surface area (Å²) >= 11 is 1.29. The summed E-state index contributed by atoms with van der Waals surface area (Å²) < 4.78 is 5.37. The number of anilines is 1. The van der Waals surface area contributed by atoms with Crippen molar-refractivity contribution in [1.29, 1.82) is 0 Å². The molecule has 0 bridgehead atoms. The van der Waals surface area contributed by atoms with Crippen LogP contribution in [0.5, 0.6) is 5.75 Å². The second kappa shape index (κ2) is 8.05. The summed E-state index contributed by atoms with van der Waals surface area (Å²) in [7, 11) is 1.60. The number of aromatic nitrogens is 1. The minimum absolute atomic E-state index is 0.0700. The van der Waals surface area contributed by atoms with Crippen LogP contribution in [-0.2, 0) is 4.79 Å². The van der Waals surface area contributed by atoms with Crippen molar-refractivity contribution in [3.63, 3.8) is 0 Å². The SMILES string of the molecule is COc1cccc2c(C)cc(SCC(=O)Nc3cccc([N+](=O)[O-])c3)nc12. The number of ether oxygens (including phenoxy) is 1. The Morgan fingerprint density at radius 2 is 2.04 bits per heavy atom. The van der Waals surface area contributed by atoms with Gasteiger partial charge in [-0.3, -0.25) is 14.9 Å². The second-order valence-corrected chi connectivity index (χ2v) is 6.77. The molecule has 0 aliphatic rings. The zero-order valence-corrected chi connectivity index (χ0v) is 15.6. The number of pyridine rings is 1. The van der Waals surface area contributed by atoms with Crippen molar-refractivity contribution in [3.05, 3.63) is 64.2 Å². The fourth-order valence-corrected chi connectivity index (χ4v) is 3.40. The van der Waals surface area contributed by atoms with Crippen molar-refractivity contribution in [3.8, 4) is 5.75 Å². The third kappa shape index (κ3) is 4.35. The van der Waals surface area contributed by atoms with Gasteiger partial charge in [0.1, 0.15) is 11.3 Å². The van der Waals surface area contributed by atoms with Gasteiger partial charge in [-0.15, -0.1) is 0 Å². The largest absolute Gasteiger partial charge is 0.494 e. The number of aryl methyl sites for hydroxylation is 1. The molecule has 2 aromatic carbocycles. The van der Waals surface area contributed by atoms with Crippen LogP contribution < -0.4 is 10.1 Å². The third-order valence-corrected chi connectivity index (χ3v) is 4.81. The summed E-state index contributed by atoms with van der Waals surface area (Å²) in [4.78, 5) is 27.1. The summed E-state index contributed by atoms with van der Waals surface area (Å²) in [5, 5.41) is 15.2. The first kappa shape index (κ1) is 18.7. The molecule has 0 fully saturated rings. The molecule has 3 rings (SSSR count). The van der Waals surface area contributed by atoms with Crippen LogP contribution in [0, 0.1) is 17.0 Å². The van der Waals surface area contributed by atoms with E-state index in [0.717, 1.165) is 16.5 Å². The highest BCUT2D eigenvalue weighted by molar-refractivity contribution is 7.99. The van der Waals surface area contributed by atoms with Gasteiger partial charge < -0.3 is 10.1 Å². The number of hydrogen-bond acceptors (Lipinski definition) is 6. The molecule has 0 spiro atoms. The first-order chi connectivity index (χ1) is 13.0. The summed E-state index contributed by atoms with van der Waals surface area (Å²) in [5.74, 6) is 0.551. The fraction of sp³-hybridized carbons (Fsp3) is 0.158. The number of rotatable bonds is 6. The molecule has 3 aromatic rings. The summed E-state index contributed by atoms with van der Waals surface area (Å²) in [5.41, 5.74) is 2.11. The summed E-state index contributed by atoms with van der Waals surface area (Å²) in [6, 6.07) is 13.5. The second-order valence-electron chi connectivity index (χ2n) is 5.78. The molecule has 138 valence electrons. The van der Waals surface area contributed by atoms with Gasteiger partial charge in [0, 0.05) is 23.2 Å². The highest BCUT2D eigenvalue weighted by Crippen LogP contribution is 2.29.